The quantitative estimate of drug-likeness (QED) is 0.484. The summed E-state index contributed by atoms with van der Waals surface area (Å²) in [4.78, 5) is 0. The summed E-state index contributed by atoms with van der Waals surface area (Å²) in [7, 11) is 0. The highest BCUT2D eigenvalue weighted by atomic mass is 16.6. The van der Waals surface area contributed by atoms with E-state index in [2.05, 4.69) is 6.07 Å². The van der Waals surface area contributed by atoms with Gasteiger partial charge in [-0.05, 0) is 12.8 Å². The molecule has 3 nitrogen and oxygen atoms in total. The molecule has 0 bridgehead atoms. The molecule has 0 aliphatic carbocycles. The predicted molar refractivity (Wildman–Crippen MR) is 37.9 cm³/mol. The van der Waals surface area contributed by atoms with Gasteiger partial charge >= 0.3 is 0 Å². The van der Waals surface area contributed by atoms with E-state index in [1.165, 1.54) is 0 Å². The predicted octanol–water partition coefficient (Wildman–Crippen LogP) is 0.848. The standard InChI is InChI=1S/C8H11NO2/c9-6-7-8(11-7)2-1-4-10-5-3-8/h7H,1-5H2. The van der Waals surface area contributed by atoms with E-state index in [1.807, 2.05) is 0 Å². The molecular weight excluding hydrogens is 142 g/mol. The van der Waals surface area contributed by atoms with Crippen molar-refractivity contribution in [3.63, 3.8) is 0 Å². The largest absolute Gasteiger partial charge is 0.381 e. The second kappa shape index (κ2) is 2.47. The van der Waals surface area contributed by atoms with Crippen molar-refractivity contribution in [3.8, 4) is 6.07 Å². The monoisotopic (exact) mass is 153 g/mol. The van der Waals surface area contributed by atoms with Gasteiger partial charge in [0.15, 0.2) is 6.10 Å². The molecule has 2 unspecified atom stereocenters. The van der Waals surface area contributed by atoms with Crippen molar-refractivity contribution in [1.82, 2.24) is 0 Å². The Bertz CT molecular complexity index is 189. The van der Waals surface area contributed by atoms with Gasteiger partial charge in [-0.3, -0.25) is 0 Å². The minimum Gasteiger partial charge on any atom is -0.381 e. The molecule has 2 atom stereocenters. The molecule has 11 heavy (non-hydrogen) atoms. The lowest BCUT2D eigenvalue weighted by molar-refractivity contribution is 0.138. The SMILES string of the molecule is N#CC1OC12CCCOCC2. The first-order valence-corrected chi connectivity index (χ1v) is 4.03. The smallest absolute Gasteiger partial charge is 0.173 e. The summed E-state index contributed by atoms with van der Waals surface area (Å²) in [5, 5.41) is 8.60. The van der Waals surface area contributed by atoms with Crippen LogP contribution in [0, 0.1) is 11.3 Å². The molecule has 0 saturated carbocycles. The minimum atomic E-state index is -0.149. The molecule has 2 aliphatic rings. The molecule has 2 aliphatic heterocycles. The number of rotatable bonds is 0. The average Bonchev–Trinajstić information content (AvgIpc) is 2.76. The van der Waals surface area contributed by atoms with Gasteiger partial charge in [0, 0.05) is 19.6 Å². The van der Waals surface area contributed by atoms with E-state index in [0.717, 1.165) is 32.5 Å². The fourth-order valence-corrected chi connectivity index (χ4v) is 1.67. The van der Waals surface area contributed by atoms with Gasteiger partial charge in [-0.1, -0.05) is 0 Å². The second-order valence-electron chi connectivity index (χ2n) is 3.16. The Morgan fingerprint density at radius 1 is 1.36 bits per heavy atom. The van der Waals surface area contributed by atoms with Gasteiger partial charge in [-0.25, -0.2) is 0 Å². The van der Waals surface area contributed by atoms with Crippen molar-refractivity contribution in [3.05, 3.63) is 0 Å². The lowest BCUT2D eigenvalue weighted by Crippen LogP contribution is -2.14. The fourth-order valence-electron chi connectivity index (χ4n) is 1.67. The van der Waals surface area contributed by atoms with E-state index < -0.39 is 0 Å². The first kappa shape index (κ1) is 7.08. The first-order valence-electron chi connectivity index (χ1n) is 4.03. The number of hydrogen-bond acceptors (Lipinski definition) is 3. The van der Waals surface area contributed by atoms with Crippen LogP contribution in [0.15, 0.2) is 0 Å². The molecule has 0 aromatic carbocycles. The summed E-state index contributed by atoms with van der Waals surface area (Å²) >= 11 is 0. The zero-order valence-corrected chi connectivity index (χ0v) is 6.38. The third-order valence-corrected chi connectivity index (χ3v) is 2.45. The number of nitriles is 1. The highest BCUT2D eigenvalue weighted by Gasteiger charge is 2.56. The number of ether oxygens (including phenoxy) is 2. The molecule has 0 aromatic heterocycles. The van der Waals surface area contributed by atoms with Gasteiger partial charge in [-0.2, -0.15) is 5.26 Å². The third-order valence-electron chi connectivity index (χ3n) is 2.45. The van der Waals surface area contributed by atoms with Crippen molar-refractivity contribution < 1.29 is 9.47 Å². The van der Waals surface area contributed by atoms with E-state index >= 15 is 0 Å². The summed E-state index contributed by atoms with van der Waals surface area (Å²) in [6.45, 7) is 1.57. The van der Waals surface area contributed by atoms with Crippen molar-refractivity contribution in [2.45, 2.75) is 31.0 Å². The molecular formula is C8H11NO2. The Labute approximate surface area is 65.9 Å². The molecule has 0 amide bonds. The number of hydrogen-bond donors (Lipinski definition) is 0. The molecule has 2 fully saturated rings. The van der Waals surface area contributed by atoms with Crippen LogP contribution in [-0.4, -0.2) is 24.9 Å². The molecule has 0 radical (unpaired) electrons. The number of epoxide rings is 1. The minimum absolute atomic E-state index is 0.106. The van der Waals surface area contributed by atoms with Crippen molar-refractivity contribution in [2.24, 2.45) is 0 Å². The molecule has 2 rings (SSSR count). The lowest BCUT2D eigenvalue weighted by atomic mass is 9.97. The van der Waals surface area contributed by atoms with Gasteiger partial charge in [0.2, 0.25) is 0 Å². The molecule has 60 valence electrons. The topological polar surface area (TPSA) is 45.5 Å². The Kier molecular flexibility index (Phi) is 1.59. The Morgan fingerprint density at radius 3 is 3.00 bits per heavy atom. The van der Waals surface area contributed by atoms with Crippen LogP contribution in [-0.2, 0) is 9.47 Å². The van der Waals surface area contributed by atoms with Gasteiger partial charge in [0.25, 0.3) is 0 Å². The normalized spacial score (nSPS) is 43.0. The zero-order chi connectivity index (χ0) is 7.73. The maximum absolute atomic E-state index is 8.60. The van der Waals surface area contributed by atoms with E-state index in [1.54, 1.807) is 0 Å². The molecule has 0 N–H and O–H groups in total. The van der Waals surface area contributed by atoms with Crippen LogP contribution in [0.4, 0.5) is 0 Å². The van der Waals surface area contributed by atoms with Gasteiger partial charge in [-0.15, -0.1) is 0 Å². The molecule has 2 saturated heterocycles. The maximum Gasteiger partial charge on any atom is 0.173 e. The highest BCUT2D eigenvalue weighted by Crippen LogP contribution is 2.44. The van der Waals surface area contributed by atoms with Crippen LogP contribution in [0.1, 0.15) is 19.3 Å². The van der Waals surface area contributed by atoms with Crippen LogP contribution in [0.3, 0.4) is 0 Å². The van der Waals surface area contributed by atoms with Gasteiger partial charge < -0.3 is 9.47 Å². The van der Waals surface area contributed by atoms with Crippen LogP contribution >= 0.6 is 0 Å². The van der Waals surface area contributed by atoms with Gasteiger partial charge in [0.05, 0.1) is 6.07 Å². The lowest BCUT2D eigenvalue weighted by Gasteiger charge is -2.03. The summed E-state index contributed by atoms with van der Waals surface area (Å²) in [5.41, 5.74) is -0.106. The Balaban J connectivity index is 1.98. The fraction of sp³-hybridized carbons (Fsp3) is 0.875. The van der Waals surface area contributed by atoms with Crippen molar-refractivity contribution in [1.29, 1.82) is 5.26 Å². The molecule has 2 heterocycles. The van der Waals surface area contributed by atoms with Crippen LogP contribution in [0.5, 0.6) is 0 Å². The first-order chi connectivity index (χ1) is 5.37. The number of nitrogens with zero attached hydrogens (tertiary/aromatic N) is 1. The summed E-state index contributed by atoms with van der Waals surface area (Å²) in [6.07, 6.45) is 2.76. The van der Waals surface area contributed by atoms with Crippen molar-refractivity contribution >= 4 is 0 Å². The van der Waals surface area contributed by atoms with E-state index in [0.29, 0.717) is 0 Å². The average molecular weight is 153 g/mol. The third kappa shape index (κ3) is 1.13. The Hall–Kier alpha value is -0.590. The highest BCUT2D eigenvalue weighted by molar-refractivity contribution is 5.14. The van der Waals surface area contributed by atoms with Gasteiger partial charge in [0.1, 0.15) is 5.60 Å². The Morgan fingerprint density at radius 2 is 2.27 bits per heavy atom. The van der Waals surface area contributed by atoms with Crippen LogP contribution in [0.25, 0.3) is 0 Å². The van der Waals surface area contributed by atoms with Crippen LogP contribution in [0.2, 0.25) is 0 Å². The zero-order valence-electron chi connectivity index (χ0n) is 6.38. The molecule has 1 spiro atoms. The summed E-state index contributed by atoms with van der Waals surface area (Å²) in [6, 6.07) is 2.15. The summed E-state index contributed by atoms with van der Waals surface area (Å²) < 4.78 is 10.6. The van der Waals surface area contributed by atoms with E-state index in [-0.39, 0.29) is 11.7 Å². The van der Waals surface area contributed by atoms with Crippen LogP contribution < -0.4 is 0 Å². The maximum atomic E-state index is 8.60. The van der Waals surface area contributed by atoms with Crippen molar-refractivity contribution in [2.75, 3.05) is 13.2 Å². The van der Waals surface area contributed by atoms with E-state index in [9.17, 15) is 0 Å². The second-order valence-corrected chi connectivity index (χ2v) is 3.16. The molecule has 0 aromatic rings. The summed E-state index contributed by atoms with van der Waals surface area (Å²) in [5.74, 6) is 0. The molecule has 3 heteroatoms. The van der Waals surface area contributed by atoms with E-state index in [4.69, 9.17) is 14.7 Å².